The zero-order valence-corrected chi connectivity index (χ0v) is 7.37. The van der Waals surface area contributed by atoms with Gasteiger partial charge in [0.05, 0.1) is 6.61 Å². The van der Waals surface area contributed by atoms with Crippen LogP contribution in [0, 0.1) is 5.92 Å². The van der Waals surface area contributed by atoms with E-state index >= 15 is 0 Å². The van der Waals surface area contributed by atoms with Crippen LogP contribution in [0.1, 0.15) is 13.8 Å². The van der Waals surface area contributed by atoms with Gasteiger partial charge in [-0.1, -0.05) is 13.8 Å². The molecule has 0 unspecified atom stereocenters. The summed E-state index contributed by atoms with van der Waals surface area (Å²) in [7, 11) is -5.39. The van der Waals surface area contributed by atoms with Gasteiger partial charge in [0, 0.05) is 0 Å². The van der Waals surface area contributed by atoms with E-state index in [9.17, 15) is 21.6 Å². The van der Waals surface area contributed by atoms with Crippen LogP contribution in [0.15, 0.2) is 0 Å². The average Bonchev–Trinajstić information content (AvgIpc) is 1.81. The minimum atomic E-state index is -5.39. The lowest BCUT2D eigenvalue weighted by Crippen LogP contribution is -2.26. The predicted octanol–water partition coefficient (Wildman–Crippen LogP) is 1.51. The normalized spacial score (nSPS) is 13.8. The van der Waals surface area contributed by atoms with E-state index in [1.165, 1.54) is 0 Å². The predicted molar refractivity (Wildman–Crippen MR) is 35.8 cm³/mol. The molecule has 0 rings (SSSR count). The summed E-state index contributed by atoms with van der Waals surface area (Å²) in [4.78, 5) is 0. The minimum absolute atomic E-state index is 0.262. The Kier molecular flexibility index (Phi) is 3.52. The Morgan fingerprint density at radius 1 is 1.33 bits per heavy atom. The zero-order chi connectivity index (χ0) is 9.99. The van der Waals surface area contributed by atoms with Gasteiger partial charge in [0.25, 0.3) is 0 Å². The fourth-order valence-electron chi connectivity index (χ4n) is 0.292. The fraction of sp³-hybridized carbons (Fsp3) is 1.00. The van der Waals surface area contributed by atoms with Gasteiger partial charge in [-0.05, 0) is 5.92 Å². The lowest BCUT2D eigenvalue weighted by Gasteiger charge is -2.09. The lowest BCUT2D eigenvalue weighted by molar-refractivity contribution is -0.0548. The van der Waals surface area contributed by atoms with Gasteiger partial charge in [-0.2, -0.15) is 21.6 Å². The van der Waals surface area contributed by atoms with Gasteiger partial charge in [0.15, 0.2) is 0 Å². The summed E-state index contributed by atoms with van der Waals surface area (Å²) in [5, 5.41) is 0. The first-order valence-corrected chi connectivity index (χ1v) is 4.53. The van der Waals surface area contributed by atoms with Crippen LogP contribution in [-0.4, -0.2) is 20.5 Å². The molecule has 0 bridgehead atoms. The molecular formula is C5H9F3O3S. The first kappa shape index (κ1) is 11.7. The van der Waals surface area contributed by atoms with Gasteiger partial charge in [0.1, 0.15) is 0 Å². The SMILES string of the molecule is CC(C)COS(=O)(=O)C(F)(F)F. The summed E-state index contributed by atoms with van der Waals surface area (Å²) in [6.45, 7) is 2.64. The molecule has 0 N–H and O–H groups in total. The summed E-state index contributed by atoms with van der Waals surface area (Å²) in [6.07, 6.45) is 0. The Balaban J connectivity index is 4.27. The molecule has 0 aromatic rings. The van der Waals surface area contributed by atoms with Crippen LogP contribution in [0.3, 0.4) is 0 Å². The lowest BCUT2D eigenvalue weighted by atomic mass is 10.2. The number of hydrogen-bond donors (Lipinski definition) is 0. The standard InChI is InChI=1S/C5H9F3O3S/c1-4(2)3-11-12(9,10)5(6,7)8/h4H,3H2,1-2H3. The summed E-state index contributed by atoms with van der Waals surface area (Å²) >= 11 is 0. The monoisotopic (exact) mass is 206 g/mol. The summed E-state index contributed by atoms with van der Waals surface area (Å²) in [6, 6.07) is 0. The van der Waals surface area contributed by atoms with E-state index in [2.05, 4.69) is 4.18 Å². The van der Waals surface area contributed by atoms with Crippen LogP contribution in [-0.2, 0) is 14.3 Å². The second kappa shape index (κ2) is 3.61. The third-order valence-electron chi connectivity index (χ3n) is 0.840. The Morgan fingerprint density at radius 3 is 2.00 bits per heavy atom. The zero-order valence-electron chi connectivity index (χ0n) is 6.55. The highest BCUT2D eigenvalue weighted by atomic mass is 32.2. The molecule has 0 fully saturated rings. The van der Waals surface area contributed by atoms with Crippen LogP contribution < -0.4 is 0 Å². The van der Waals surface area contributed by atoms with Crippen molar-refractivity contribution >= 4 is 10.1 Å². The minimum Gasteiger partial charge on any atom is -0.263 e. The highest BCUT2D eigenvalue weighted by Gasteiger charge is 2.47. The Hall–Kier alpha value is -0.300. The van der Waals surface area contributed by atoms with Crippen molar-refractivity contribution in [3.63, 3.8) is 0 Å². The molecule has 3 nitrogen and oxygen atoms in total. The number of alkyl halides is 3. The Labute approximate surface area is 68.6 Å². The average molecular weight is 206 g/mol. The van der Waals surface area contributed by atoms with Crippen LogP contribution >= 0.6 is 0 Å². The molecule has 0 atom stereocenters. The van der Waals surface area contributed by atoms with Gasteiger partial charge in [-0.15, -0.1) is 0 Å². The highest BCUT2D eigenvalue weighted by Crippen LogP contribution is 2.24. The number of hydrogen-bond acceptors (Lipinski definition) is 3. The molecule has 0 spiro atoms. The topological polar surface area (TPSA) is 43.4 Å². The van der Waals surface area contributed by atoms with Gasteiger partial charge < -0.3 is 0 Å². The summed E-state index contributed by atoms with van der Waals surface area (Å²) in [5.41, 5.74) is -5.32. The van der Waals surface area contributed by atoms with Crippen LogP contribution in [0.25, 0.3) is 0 Å². The van der Waals surface area contributed by atoms with E-state index in [1.807, 2.05) is 0 Å². The van der Waals surface area contributed by atoms with Gasteiger partial charge >= 0.3 is 15.6 Å². The van der Waals surface area contributed by atoms with E-state index in [0.717, 1.165) is 0 Å². The van der Waals surface area contributed by atoms with Crippen molar-refractivity contribution in [1.29, 1.82) is 0 Å². The van der Waals surface area contributed by atoms with E-state index in [1.54, 1.807) is 13.8 Å². The molecule has 0 heterocycles. The Bertz CT molecular complexity index is 229. The van der Waals surface area contributed by atoms with Crippen molar-refractivity contribution in [1.82, 2.24) is 0 Å². The molecule has 74 valence electrons. The van der Waals surface area contributed by atoms with Crippen molar-refractivity contribution < 1.29 is 25.8 Å². The first-order valence-electron chi connectivity index (χ1n) is 3.12. The van der Waals surface area contributed by atoms with Crippen LogP contribution in [0.5, 0.6) is 0 Å². The van der Waals surface area contributed by atoms with E-state index in [4.69, 9.17) is 0 Å². The molecule has 0 aromatic heterocycles. The molecule has 0 aliphatic carbocycles. The maximum absolute atomic E-state index is 11.6. The van der Waals surface area contributed by atoms with Crippen LogP contribution in [0.4, 0.5) is 13.2 Å². The van der Waals surface area contributed by atoms with Gasteiger partial charge in [-0.3, -0.25) is 4.18 Å². The molecule has 0 saturated carbocycles. The molecule has 7 heteroatoms. The van der Waals surface area contributed by atoms with Gasteiger partial charge in [0.2, 0.25) is 0 Å². The highest BCUT2D eigenvalue weighted by molar-refractivity contribution is 7.87. The van der Waals surface area contributed by atoms with Crippen LogP contribution in [0.2, 0.25) is 0 Å². The first-order chi connectivity index (χ1) is 5.17. The van der Waals surface area contributed by atoms with Gasteiger partial charge in [-0.25, -0.2) is 0 Å². The van der Waals surface area contributed by atoms with E-state index in [-0.39, 0.29) is 5.92 Å². The van der Waals surface area contributed by atoms with Crippen molar-refractivity contribution in [2.24, 2.45) is 5.92 Å². The molecule has 0 amide bonds. The molecule has 0 aliphatic rings. The van der Waals surface area contributed by atoms with E-state index in [0.29, 0.717) is 0 Å². The summed E-state index contributed by atoms with van der Waals surface area (Å²) in [5.74, 6) is -0.262. The second-order valence-electron chi connectivity index (χ2n) is 2.58. The van der Waals surface area contributed by atoms with Crippen molar-refractivity contribution in [3.8, 4) is 0 Å². The quantitative estimate of drug-likeness (QED) is 0.519. The largest absolute Gasteiger partial charge is 0.523 e. The third kappa shape index (κ3) is 3.40. The molecular weight excluding hydrogens is 197 g/mol. The maximum atomic E-state index is 11.6. The smallest absolute Gasteiger partial charge is 0.263 e. The Morgan fingerprint density at radius 2 is 1.75 bits per heavy atom. The third-order valence-corrected chi connectivity index (χ3v) is 1.85. The number of rotatable bonds is 3. The van der Waals surface area contributed by atoms with Crippen molar-refractivity contribution in [2.45, 2.75) is 19.4 Å². The number of halogens is 3. The molecule has 0 saturated heterocycles. The van der Waals surface area contributed by atoms with E-state index < -0.39 is 22.2 Å². The fourth-order valence-corrected chi connectivity index (χ4v) is 0.877. The van der Waals surface area contributed by atoms with Crippen molar-refractivity contribution in [2.75, 3.05) is 6.61 Å². The molecule has 12 heavy (non-hydrogen) atoms. The van der Waals surface area contributed by atoms with Crippen molar-refractivity contribution in [3.05, 3.63) is 0 Å². The second-order valence-corrected chi connectivity index (χ2v) is 4.19. The molecule has 0 radical (unpaired) electrons. The molecule has 0 aliphatic heterocycles. The maximum Gasteiger partial charge on any atom is 0.523 e. The summed E-state index contributed by atoms with van der Waals surface area (Å²) < 4.78 is 58.8. The molecule has 0 aromatic carbocycles.